The number of ketones is 2. The summed E-state index contributed by atoms with van der Waals surface area (Å²) in [4.78, 5) is 21.1. The molecule has 0 aromatic heterocycles. The first kappa shape index (κ1) is 9.57. The summed E-state index contributed by atoms with van der Waals surface area (Å²) in [6.07, 6.45) is 0. The number of rotatable bonds is 3. The normalized spacial score (nSPS) is 8.89. The van der Waals surface area contributed by atoms with Gasteiger partial charge in [-0.2, -0.15) is 0 Å². The van der Waals surface area contributed by atoms with E-state index in [9.17, 15) is 9.59 Å². The van der Waals surface area contributed by atoms with Crippen molar-refractivity contribution in [3.05, 3.63) is 0 Å². The zero-order valence-electron chi connectivity index (χ0n) is 5.48. The third kappa shape index (κ3) is 3.31. The third-order valence-electron chi connectivity index (χ3n) is 1.14. The van der Waals surface area contributed by atoms with E-state index >= 15 is 0 Å². The van der Waals surface area contributed by atoms with Crippen molar-refractivity contribution in [2.45, 2.75) is 17.3 Å². The van der Waals surface area contributed by atoms with Crippen molar-refractivity contribution < 1.29 is 32.9 Å². The number of Topliss-reactive ketones (excluding diaryl/α,β-unsaturated/α-hetero) is 2. The van der Waals surface area contributed by atoms with Gasteiger partial charge in [-0.05, 0) is 0 Å². The second-order valence-electron chi connectivity index (χ2n) is 1.93. The molecule has 0 fully saturated rings. The molecule has 0 aromatic carbocycles. The van der Waals surface area contributed by atoms with Crippen LogP contribution in [0.25, 0.3) is 0 Å². The number of carbonyl (C=O) groups excluding carboxylic acids is 2. The molecule has 0 radical (unpaired) electrons. The van der Waals surface area contributed by atoms with E-state index in [4.69, 9.17) is 8.25 Å². The summed E-state index contributed by atoms with van der Waals surface area (Å²) in [6, 6.07) is 0. The minimum absolute atomic E-state index is 0.0563. The fourth-order valence-corrected chi connectivity index (χ4v) is 6.01. The monoisotopic (exact) mass is 336 g/mol. The van der Waals surface area contributed by atoms with Crippen molar-refractivity contribution in [1.29, 1.82) is 0 Å². The van der Waals surface area contributed by atoms with Gasteiger partial charge >= 0.3 is 70.0 Å². The number of halogens is 1. The summed E-state index contributed by atoms with van der Waals surface area (Å²) in [6.45, 7) is 2.85. The van der Waals surface area contributed by atoms with Crippen LogP contribution >= 0.6 is 8.25 Å². The van der Waals surface area contributed by atoms with Crippen molar-refractivity contribution in [1.82, 2.24) is 0 Å². The van der Waals surface area contributed by atoms with Crippen LogP contribution in [0.2, 0.25) is 3.43 Å². The van der Waals surface area contributed by atoms with Crippen molar-refractivity contribution >= 4 is 19.8 Å². The molecule has 0 aliphatic heterocycles. The molecule has 0 saturated heterocycles. The maximum atomic E-state index is 10.6. The molecule has 0 aliphatic carbocycles. The first-order chi connectivity index (χ1) is 4.09. The van der Waals surface area contributed by atoms with E-state index in [0.717, 1.165) is 0 Å². The summed E-state index contributed by atoms with van der Waals surface area (Å²) in [7, 11) is 5.54. The van der Waals surface area contributed by atoms with E-state index in [-0.39, 0.29) is 15.0 Å². The van der Waals surface area contributed by atoms with Gasteiger partial charge in [0.2, 0.25) is 0 Å². The second-order valence-corrected chi connectivity index (χ2v) is 9.01. The molecule has 0 unspecified atom stereocenters. The van der Waals surface area contributed by atoms with Gasteiger partial charge in [0.15, 0.2) is 0 Å². The van der Waals surface area contributed by atoms with Gasteiger partial charge < -0.3 is 0 Å². The fourth-order valence-electron chi connectivity index (χ4n) is 0.504. The Morgan fingerprint density at radius 1 is 1.33 bits per heavy atom. The van der Waals surface area contributed by atoms with E-state index in [2.05, 4.69) is 0 Å². The zero-order chi connectivity index (χ0) is 7.44. The van der Waals surface area contributed by atoms with E-state index in [1.165, 1.54) is 13.8 Å². The molecule has 48 valence electrons. The van der Waals surface area contributed by atoms with Crippen LogP contribution in [-0.2, 0) is 32.9 Å². The summed E-state index contributed by atoms with van der Waals surface area (Å²) < 4.78 is -0.369. The third-order valence-corrected chi connectivity index (χ3v) is 9.51. The van der Waals surface area contributed by atoms with Crippen LogP contribution in [0.5, 0.6) is 0 Å². The van der Waals surface area contributed by atoms with Crippen molar-refractivity contribution in [3.63, 3.8) is 0 Å². The van der Waals surface area contributed by atoms with Gasteiger partial charge in [-0.1, -0.05) is 0 Å². The number of hydrogen-bond donors (Lipinski definition) is 0. The van der Waals surface area contributed by atoms with Crippen LogP contribution in [0.15, 0.2) is 0 Å². The minimum atomic E-state index is -1.65. The average molecular weight is 335 g/mol. The van der Waals surface area contributed by atoms with E-state index in [1.807, 2.05) is 0 Å². The zero-order valence-corrected chi connectivity index (χ0v) is 11.7. The van der Waals surface area contributed by atoms with Crippen LogP contribution in [-0.4, -0.2) is 11.6 Å². The van der Waals surface area contributed by atoms with E-state index < -0.39 is 23.3 Å². The van der Waals surface area contributed by atoms with Crippen LogP contribution in [0, 0.1) is 0 Å². The molecule has 0 atom stereocenters. The molecule has 9 heavy (non-hydrogen) atoms. The molecule has 0 spiro atoms. The standard InChI is InChI=1S/C5H7O2.ClH.Hg/c1-4(6)3-5(2)7;;/h3H,1-2H3;1H;/q;;+1/p-1. The molecule has 0 heterocycles. The Balaban J connectivity index is 3.99. The van der Waals surface area contributed by atoms with Crippen molar-refractivity contribution in [2.75, 3.05) is 0 Å². The van der Waals surface area contributed by atoms with Crippen molar-refractivity contribution in [3.8, 4) is 0 Å². The van der Waals surface area contributed by atoms with Crippen LogP contribution in [0.4, 0.5) is 0 Å². The van der Waals surface area contributed by atoms with Crippen LogP contribution in [0.1, 0.15) is 13.8 Å². The van der Waals surface area contributed by atoms with E-state index in [0.29, 0.717) is 0 Å². The number of carbonyl (C=O) groups is 2. The Hall–Kier alpha value is 0.565. The Kier molecular flexibility index (Phi) is 4.67. The van der Waals surface area contributed by atoms with Gasteiger partial charge in [0, 0.05) is 0 Å². The average Bonchev–Trinajstić information content (AvgIpc) is 1.64. The van der Waals surface area contributed by atoms with Gasteiger partial charge in [-0.25, -0.2) is 0 Å². The molecular weight excluding hydrogens is 328 g/mol. The predicted molar refractivity (Wildman–Crippen MR) is 31.0 cm³/mol. The SMILES string of the molecule is CC(=O)[CH]([Hg][Cl])C(C)=O. The molecule has 0 saturated carbocycles. The molecule has 0 amide bonds. The Morgan fingerprint density at radius 3 is 1.67 bits per heavy atom. The van der Waals surface area contributed by atoms with Gasteiger partial charge in [0.05, 0.1) is 0 Å². The Bertz CT molecular complexity index is 121. The summed E-state index contributed by atoms with van der Waals surface area (Å²) >= 11 is -1.65. The quantitative estimate of drug-likeness (QED) is 0.574. The summed E-state index contributed by atoms with van der Waals surface area (Å²) in [5, 5.41) is 0. The van der Waals surface area contributed by atoms with Crippen molar-refractivity contribution in [2.24, 2.45) is 0 Å². The van der Waals surface area contributed by atoms with Gasteiger partial charge in [0.1, 0.15) is 0 Å². The Morgan fingerprint density at radius 2 is 1.67 bits per heavy atom. The molecule has 0 N–H and O–H groups in total. The fraction of sp³-hybridized carbons (Fsp3) is 0.600. The molecule has 0 aromatic rings. The topological polar surface area (TPSA) is 34.1 Å². The molecular formula is C5H7ClHgO2. The predicted octanol–water partition coefficient (Wildman–Crippen LogP) is 1.19. The maximum absolute atomic E-state index is 10.6. The summed E-state index contributed by atoms with van der Waals surface area (Å²) in [5.74, 6) is -0.113. The Labute approximate surface area is 69.8 Å². The first-order valence-corrected chi connectivity index (χ1v) is 12.6. The second kappa shape index (κ2) is 4.39. The van der Waals surface area contributed by atoms with E-state index in [1.54, 1.807) is 0 Å². The molecule has 0 rings (SSSR count). The summed E-state index contributed by atoms with van der Waals surface area (Å²) in [5.41, 5.74) is 0. The molecule has 0 bridgehead atoms. The first-order valence-electron chi connectivity index (χ1n) is 2.66. The molecule has 4 heteroatoms. The van der Waals surface area contributed by atoms with Crippen LogP contribution in [0.3, 0.4) is 0 Å². The van der Waals surface area contributed by atoms with Crippen LogP contribution < -0.4 is 0 Å². The van der Waals surface area contributed by atoms with Gasteiger partial charge in [0.25, 0.3) is 0 Å². The van der Waals surface area contributed by atoms with Gasteiger partial charge in [-0.3, -0.25) is 0 Å². The number of hydrogen-bond acceptors (Lipinski definition) is 2. The molecule has 0 aliphatic rings. The molecule has 2 nitrogen and oxygen atoms in total. The van der Waals surface area contributed by atoms with Gasteiger partial charge in [-0.15, -0.1) is 0 Å².